The second kappa shape index (κ2) is 14.0. The number of hydrogen-bond donors (Lipinski definition) is 2. The molecular formula is C48H50N4O2. The Hall–Kier alpha value is -5.56. The van der Waals surface area contributed by atoms with E-state index in [1.807, 2.05) is 121 Å². The summed E-state index contributed by atoms with van der Waals surface area (Å²) in [5.74, 6) is 0.207. The van der Waals surface area contributed by atoms with Crippen molar-refractivity contribution >= 4 is 11.4 Å². The normalized spacial score (nSPS) is 16.1. The predicted molar refractivity (Wildman–Crippen MR) is 219 cm³/mol. The van der Waals surface area contributed by atoms with Gasteiger partial charge in [0, 0.05) is 34.4 Å². The third-order valence-electron chi connectivity index (χ3n) is 11.8. The van der Waals surface area contributed by atoms with Gasteiger partial charge in [0.1, 0.15) is 5.66 Å². The predicted octanol–water partition coefficient (Wildman–Crippen LogP) is 9.37. The van der Waals surface area contributed by atoms with E-state index in [-0.39, 0.29) is 11.8 Å². The van der Waals surface area contributed by atoms with Crippen molar-refractivity contribution in [2.24, 2.45) is 11.8 Å². The molecule has 0 aromatic heterocycles. The van der Waals surface area contributed by atoms with E-state index < -0.39 is 17.1 Å². The summed E-state index contributed by atoms with van der Waals surface area (Å²) in [5, 5.41) is 26.6. The van der Waals surface area contributed by atoms with Crippen LogP contribution in [0.15, 0.2) is 181 Å². The van der Waals surface area contributed by atoms with Crippen molar-refractivity contribution in [1.29, 1.82) is 0 Å². The molecular weight excluding hydrogens is 665 g/mol. The number of anilines is 2. The summed E-state index contributed by atoms with van der Waals surface area (Å²) >= 11 is 0. The van der Waals surface area contributed by atoms with Gasteiger partial charge in [-0.2, -0.15) is 0 Å². The van der Waals surface area contributed by atoms with E-state index in [1.165, 1.54) is 0 Å². The van der Waals surface area contributed by atoms with Crippen molar-refractivity contribution in [2.45, 2.75) is 51.2 Å². The van der Waals surface area contributed by atoms with Gasteiger partial charge in [-0.1, -0.05) is 179 Å². The first kappa shape index (κ1) is 35.5. The van der Waals surface area contributed by atoms with Gasteiger partial charge >= 0.3 is 0 Å². The number of fused-ring (bicyclic) bond motifs is 1. The molecule has 0 saturated heterocycles. The molecule has 0 saturated carbocycles. The van der Waals surface area contributed by atoms with Crippen LogP contribution in [-0.4, -0.2) is 39.0 Å². The van der Waals surface area contributed by atoms with Crippen LogP contribution in [0.1, 0.15) is 56.4 Å². The summed E-state index contributed by atoms with van der Waals surface area (Å²) in [6.45, 7) is 10.1. The van der Waals surface area contributed by atoms with E-state index in [2.05, 4.69) is 95.9 Å². The van der Waals surface area contributed by atoms with Gasteiger partial charge in [0.15, 0.2) is 11.4 Å². The minimum Gasteiger partial charge on any atom is -0.363 e. The van der Waals surface area contributed by atoms with Gasteiger partial charge in [-0.05, 0) is 30.0 Å². The maximum atomic E-state index is 13.3. The molecule has 0 unspecified atom stereocenters. The Morgan fingerprint density at radius 3 is 1.30 bits per heavy atom. The summed E-state index contributed by atoms with van der Waals surface area (Å²) in [7, 11) is 0. The Labute approximate surface area is 320 Å². The lowest BCUT2D eigenvalue weighted by Gasteiger charge is -2.56. The highest BCUT2D eigenvalue weighted by atomic mass is 16.3. The second-order valence-corrected chi connectivity index (χ2v) is 15.2. The van der Waals surface area contributed by atoms with E-state index in [4.69, 9.17) is 0 Å². The Morgan fingerprint density at radius 1 is 0.463 bits per heavy atom. The van der Waals surface area contributed by atoms with Crippen LogP contribution in [0.5, 0.6) is 0 Å². The lowest BCUT2D eigenvalue weighted by molar-refractivity contribution is -0.0869. The van der Waals surface area contributed by atoms with Crippen molar-refractivity contribution in [1.82, 2.24) is 9.80 Å². The van der Waals surface area contributed by atoms with Crippen LogP contribution in [0.4, 0.5) is 11.4 Å². The third-order valence-corrected chi connectivity index (χ3v) is 11.8. The molecule has 0 bridgehead atoms. The number of para-hydroxylation sites is 2. The molecule has 5 aromatic rings. The highest BCUT2D eigenvalue weighted by Gasteiger charge is 2.57. The number of hydrogen-bond acceptors (Lipinski definition) is 6. The first-order valence-electron chi connectivity index (χ1n) is 19.2. The standard InChI is InChI=1S/C48H50N4O2/c1-36(2)46(37(3)4,50-35-52(45-33-21-20-32-43(45)50)48(54,40-26-14-7-15-27-40)41-28-16-8-17-29-41)49-34-51(44-31-19-9-18-30-42(44)49)47(53,38-22-10-5-11-23-38)39-24-12-6-13-25-39/h5-30,32-33,36-37,53-54H,31,34-35H2,1-4H3. The van der Waals surface area contributed by atoms with Crippen LogP contribution in [0.25, 0.3) is 0 Å². The van der Waals surface area contributed by atoms with Crippen LogP contribution in [-0.2, 0) is 11.4 Å². The van der Waals surface area contributed by atoms with Crippen molar-refractivity contribution in [2.75, 3.05) is 23.1 Å². The smallest absolute Gasteiger partial charge is 0.192 e. The molecule has 3 aliphatic rings. The van der Waals surface area contributed by atoms with Gasteiger partial charge in [-0.25, -0.2) is 0 Å². The minimum atomic E-state index is -1.46. The van der Waals surface area contributed by atoms with Crippen LogP contribution in [0.3, 0.4) is 0 Å². The summed E-state index contributed by atoms with van der Waals surface area (Å²) in [5.41, 5.74) is 3.90. The zero-order chi connectivity index (χ0) is 37.5. The number of aliphatic hydroxyl groups is 2. The van der Waals surface area contributed by atoms with E-state index in [9.17, 15) is 10.2 Å². The molecule has 6 nitrogen and oxygen atoms in total. The lowest BCUT2D eigenvalue weighted by atomic mass is 9.81. The molecule has 2 N–H and O–H groups in total. The highest BCUT2D eigenvalue weighted by molar-refractivity contribution is 5.79. The number of nitrogens with zero attached hydrogens (tertiary/aromatic N) is 4. The van der Waals surface area contributed by atoms with Gasteiger partial charge < -0.3 is 29.8 Å². The van der Waals surface area contributed by atoms with Gasteiger partial charge in [0.2, 0.25) is 0 Å². The molecule has 54 heavy (non-hydrogen) atoms. The van der Waals surface area contributed by atoms with E-state index in [0.29, 0.717) is 19.8 Å². The molecule has 0 spiro atoms. The van der Waals surface area contributed by atoms with Crippen molar-refractivity contribution in [3.05, 3.63) is 204 Å². The molecule has 5 aromatic carbocycles. The third kappa shape index (κ3) is 5.39. The van der Waals surface area contributed by atoms with Crippen molar-refractivity contribution in [3.8, 4) is 0 Å². The quantitative estimate of drug-likeness (QED) is 0.150. The molecule has 0 fully saturated rings. The first-order valence-corrected chi connectivity index (χ1v) is 19.2. The number of rotatable bonds is 10. The molecule has 0 amide bonds. The molecule has 1 aliphatic carbocycles. The minimum absolute atomic E-state index is 0.104. The van der Waals surface area contributed by atoms with Gasteiger partial charge in [-0.15, -0.1) is 0 Å². The average molecular weight is 715 g/mol. The number of benzene rings is 5. The molecule has 2 heterocycles. The largest absolute Gasteiger partial charge is 0.363 e. The van der Waals surface area contributed by atoms with Gasteiger partial charge in [0.05, 0.1) is 30.4 Å². The maximum Gasteiger partial charge on any atom is 0.192 e. The summed E-state index contributed by atoms with van der Waals surface area (Å²) in [4.78, 5) is 9.46. The van der Waals surface area contributed by atoms with E-state index in [1.54, 1.807) is 0 Å². The lowest BCUT2D eigenvalue weighted by Crippen LogP contribution is -2.68. The van der Waals surface area contributed by atoms with Gasteiger partial charge in [0.25, 0.3) is 0 Å². The summed E-state index contributed by atoms with van der Waals surface area (Å²) < 4.78 is 0. The monoisotopic (exact) mass is 714 g/mol. The fraction of sp³-hybridized carbons (Fsp3) is 0.250. The van der Waals surface area contributed by atoms with Crippen LogP contribution in [0.2, 0.25) is 0 Å². The molecule has 274 valence electrons. The van der Waals surface area contributed by atoms with Crippen LogP contribution >= 0.6 is 0 Å². The Balaban J connectivity index is 1.33. The molecule has 2 aliphatic heterocycles. The zero-order valence-electron chi connectivity index (χ0n) is 31.6. The van der Waals surface area contributed by atoms with Crippen molar-refractivity contribution in [3.63, 3.8) is 0 Å². The summed E-state index contributed by atoms with van der Waals surface area (Å²) in [6, 6.07) is 48.7. The zero-order valence-corrected chi connectivity index (χ0v) is 31.6. The highest BCUT2D eigenvalue weighted by Crippen LogP contribution is 2.54. The maximum absolute atomic E-state index is 13.3. The van der Waals surface area contributed by atoms with Gasteiger partial charge in [-0.3, -0.25) is 0 Å². The molecule has 8 rings (SSSR count). The second-order valence-electron chi connectivity index (χ2n) is 15.2. The fourth-order valence-corrected chi connectivity index (χ4v) is 9.50. The Kier molecular flexibility index (Phi) is 9.21. The summed E-state index contributed by atoms with van der Waals surface area (Å²) in [6.07, 6.45) is 9.31. The first-order chi connectivity index (χ1) is 26.2. The Bertz CT molecular complexity index is 2080. The van der Waals surface area contributed by atoms with Crippen LogP contribution < -0.4 is 9.80 Å². The van der Waals surface area contributed by atoms with E-state index >= 15 is 0 Å². The van der Waals surface area contributed by atoms with Crippen molar-refractivity contribution < 1.29 is 10.2 Å². The topological polar surface area (TPSA) is 53.4 Å². The number of allylic oxidation sites excluding steroid dienone is 4. The van der Waals surface area contributed by atoms with E-state index in [0.717, 1.165) is 45.0 Å². The Morgan fingerprint density at radius 2 is 0.852 bits per heavy atom. The van der Waals surface area contributed by atoms with Crippen LogP contribution in [0, 0.1) is 11.8 Å². The molecule has 0 radical (unpaired) electrons. The molecule has 6 heteroatoms. The SMILES string of the molecule is CC(C)C(C(C)C)(N1CN(C(O)(c2ccccc2)c2ccccc2)C2=C1C=CC=CC2)N1CN(C(O)(c2ccccc2)c2ccccc2)c2ccccc21. The fourth-order valence-electron chi connectivity index (χ4n) is 9.50. The molecule has 0 atom stereocenters. The average Bonchev–Trinajstić information content (AvgIpc) is 3.68.